The number of carbonyl (C=O) groups excluding carboxylic acids is 1. The van der Waals surface area contributed by atoms with E-state index in [1.165, 1.54) is 0 Å². The minimum atomic E-state index is -0.793. The normalized spacial score (nSPS) is 23.1. The molecule has 6 heteroatoms. The number of rotatable bonds is 3. The van der Waals surface area contributed by atoms with Gasteiger partial charge in [0, 0.05) is 32.1 Å². The molecule has 0 spiro atoms. The van der Waals surface area contributed by atoms with Crippen molar-refractivity contribution in [2.24, 2.45) is 5.92 Å². The summed E-state index contributed by atoms with van der Waals surface area (Å²) in [6.07, 6.45) is 2.71. The molecule has 0 atom stereocenters. The lowest BCUT2D eigenvalue weighted by atomic mass is 9.96. The first-order valence-corrected chi connectivity index (χ1v) is 7.10. The van der Waals surface area contributed by atoms with E-state index >= 15 is 0 Å². The van der Waals surface area contributed by atoms with Gasteiger partial charge in [-0.25, -0.2) is 0 Å². The van der Waals surface area contributed by atoms with E-state index in [-0.39, 0.29) is 18.4 Å². The summed E-state index contributed by atoms with van der Waals surface area (Å²) in [6.45, 7) is 4.79. The van der Waals surface area contributed by atoms with Gasteiger partial charge in [-0.05, 0) is 32.4 Å². The van der Waals surface area contributed by atoms with Gasteiger partial charge in [0.25, 0.3) is 0 Å². The second-order valence-corrected chi connectivity index (χ2v) is 5.37. The largest absolute Gasteiger partial charge is 0.480 e. The molecule has 0 aliphatic carbocycles. The highest BCUT2D eigenvalue weighted by atomic mass is 16.4. The Morgan fingerprint density at radius 1 is 1.11 bits per heavy atom. The van der Waals surface area contributed by atoms with Gasteiger partial charge in [-0.15, -0.1) is 0 Å². The number of aliphatic carboxylic acids is 1. The summed E-state index contributed by atoms with van der Waals surface area (Å²) in [5.41, 5.74) is 0. The van der Waals surface area contributed by atoms with Crippen molar-refractivity contribution >= 4 is 11.9 Å². The predicted octanol–water partition coefficient (Wildman–Crippen LogP) is -0.395. The molecule has 0 aromatic rings. The summed E-state index contributed by atoms with van der Waals surface area (Å²) in [5.74, 6) is -0.371. The van der Waals surface area contributed by atoms with Gasteiger partial charge in [0.15, 0.2) is 0 Å². The minimum Gasteiger partial charge on any atom is -0.480 e. The molecule has 0 bridgehead atoms. The van der Waals surface area contributed by atoms with Crippen molar-refractivity contribution in [2.75, 3.05) is 45.8 Å². The van der Waals surface area contributed by atoms with Crippen LogP contribution in [-0.4, -0.2) is 72.6 Å². The molecule has 0 saturated carbocycles. The Hall–Kier alpha value is -1.14. The van der Waals surface area contributed by atoms with E-state index in [2.05, 4.69) is 5.32 Å². The van der Waals surface area contributed by atoms with Gasteiger partial charge in [-0.2, -0.15) is 0 Å². The van der Waals surface area contributed by atoms with Crippen LogP contribution in [0.2, 0.25) is 0 Å². The van der Waals surface area contributed by atoms with Gasteiger partial charge >= 0.3 is 5.97 Å². The van der Waals surface area contributed by atoms with E-state index in [1.807, 2.05) is 9.80 Å². The average Bonchev–Trinajstić information content (AvgIpc) is 2.64. The fraction of sp³-hybridized carbons (Fsp3) is 0.846. The highest BCUT2D eigenvalue weighted by Crippen LogP contribution is 2.16. The molecule has 2 fully saturated rings. The molecule has 6 nitrogen and oxygen atoms in total. The Morgan fingerprint density at radius 3 is 2.53 bits per heavy atom. The van der Waals surface area contributed by atoms with Crippen LogP contribution in [0.25, 0.3) is 0 Å². The summed E-state index contributed by atoms with van der Waals surface area (Å²) in [5, 5.41) is 12.1. The lowest BCUT2D eigenvalue weighted by molar-refractivity contribution is -0.138. The van der Waals surface area contributed by atoms with E-state index in [0.717, 1.165) is 45.4 Å². The van der Waals surface area contributed by atoms with Crippen molar-refractivity contribution < 1.29 is 14.7 Å². The van der Waals surface area contributed by atoms with Crippen LogP contribution in [0, 0.1) is 5.92 Å². The molecule has 0 aromatic heterocycles. The first-order chi connectivity index (χ1) is 9.16. The van der Waals surface area contributed by atoms with Gasteiger partial charge in [-0.1, -0.05) is 0 Å². The SMILES string of the molecule is O=C(O)CN1CCCN(C(=O)C2CCNCC2)CC1. The van der Waals surface area contributed by atoms with E-state index < -0.39 is 5.97 Å². The van der Waals surface area contributed by atoms with Crippen LogP contribution < -0.4 is 5.32 Å². The number of amides is 1. The highest BCUT2D eigenvalue weighted by molar-refractivity contribution is 5.79. The Labute approximate surface area is 113 Å². The third-order valence-electron chi connectivity index (χ3n) is 3.95. The molecule has 2 N–H and O–H groups in total. The highest BCUT2D eigenvalue weighted by Gasteiger charge is 2.27. The number of nitrogens with one attached hydrogen (secondary N) is 1. The Bertz CT molecular complexity index is 329. The third kappa shape index (κ3) is 4.18. The first-order valence-electron chi connectivity index (χ1n) is 7.10. The summed E-state index contributed by atoms with van der Waals surface area (Å²) in [4.78, 5) is 27.0. The van der Waals surface area contributed by atoms with Gasteiger partial charge in [-0.3, -0.25) is 14.5 Å². The van der Waals surface area contributed by atoms with E-state index in [4.69, 9.17) is 5.11 Å². The summed E-state index contributed by atoms with van der Waals surface area (Å²) >= 11 is 0. The molecule has 108 valence electrons. The zero-order valence-corrected chi connectivity index (χ0v) is 11.3. The van der Waals surface area contributed by atoms with Crippen molar-refractivity contribution in [3.05, 3.63) is 0 Å². The van der Waals surface area contributed by atoms with Gasteiger partial charge in [0.2, 0.25) is 5.91 Å². The predicted molar refractivity (Wildman–Crippen MR) is 70.9 cm³/mol. The summed E-state index contributed by atoms with van der Waals surface area (Å²) < 4.78 is 0. The molecule has 2 aliphatic rings. The van der Waals surface area contributed by atoms with E-state index in [1.54, 1.807) is 0 Å². The van der Waals surface area contributed by atoms with E-state index in [9.17, 15) is 9.59 Å². The number of carboxylic acid groups (broad SMARTS) is 1. The Morgan fingerprint density at radius 2 is 1.84 bits per heavy atom. The number of nitrogens with zero attached hydrogens (tertiary/aromatic N) is 2. The van der Waals surface area contributed by atoms with Crippen molar-refractivity contribution in [1.82, 2.24) is 15.1 Å². The molecular formula is C13H23N3O3. The number of carboxylic acids is 1. The standard InChI is InChI=1S/C13H23N3O3/c17-12(18)10-15-6-1-7-16(9-8-15)13(19)11-2-4-14-5-3-11/h11,14H,1-10H2,(H,17,18). The zero-order valence-electron chi connectivity index (χ0n) is 11.3. The molecular weight excluding hydrogens is 246 g/mol. The van der Waals surface area contributed by atoms with E-state index in [0.29, 0.717) is 13.1 Å². The maximum absolute atomic E-state index is 12.4. The van der Waals surface area contributed by atoms with Crippen molar-refractivity contribution in [3.8, 4) is 0 Å². The minimum absolute atomic E-state index is 0.0787. The Balaban J connectivity index is 1.84. The average molecular weight is 269 g/mol. The molecule has 2 rings (SSSR count). The molecule has 0 unspecified atom stereocenters. The van der Waals surface area contributed by atoms with Crippen LogP contribution in [0.5, 0.6) is 0 Å². The molecule has 1 amide bonds. The second kappa shape index (κ2) is 6.86. The van der Waals surface area contributed by atoms with Crippen molar-refractivity contribution in [2.45, 2.75) is 19.3 Å². The number of piperidine rings is 1. The first kappa shape index (κ1) is 14.3. The van der Waals surface area contributed by atoms with Gasteiger partial charge in [0.05, 0.1) is 6.54 Å². The number of hydrogen-bond donors (Lipinski definition) is 2. The molecule has 0 radical (unpaired) electrons. The smallest absolute Gasteiger partial charge is 0.317 e. The van der Waals surface area contributed by atoms with Crippen LogP contribution in [0.15, 0.2) is 0 Å². The topological polar surface area (TPSA) is 72.9 Å². The van der Waals surface area contributed by atoms with Crippen molar-refractivity contribution in [3.63, 3.8) is 0 Å². The number of hydrogen-bond acceptors (Lipinski definition) is 4. The fourth-order valence-corrected chi connectivity index (χ4v) is 2.87. The maximum Gasteiger partial charge on any atom is 0.317 e. The molecule has 2 aliphatic heterocycles. The monoisotopic (exact) mass is 269 g/mol. The zero-order chi connectivity index (χ0) is 13.7. The Kier molecular flexibility index (Phi) is 5.15. The van der Waals surface area contributed by atoms with Crippen LogP contribution in [-0.2, 0) is 9.59 Å². The second-order valence-electron chi connectivity index (χ2n) is 5.37. The quantitative estimate of drug-likeness (QED) is 0.730. The summed E-state index contributed by atoms with van der Waals surface area (Å²) in [7, 11) is 0. The van der Waals surface area contributed by atoms with Crippen molar-refractivity contribution in [1.29, 1.82) is 0 Å². The van der Waals surface area contributed by atoms with Crippen LogP contribution >= 0.6 is 0 Å². The number of carbonyl (C=O) groups is 2. The van der Waals surface area contributed by atoms with Gasteiger partial charge in [0.1, 0.15) is 0 Å². The molecule has 2 heterocycles. The third-order valence-corrected chi connectivity index (χ3v) is 3.95. The fourth-order valence-electron chi connectivity index (χ4n) is 2.87. The summed E-state index contributed by atoms with van der Waals surface area (Å²) in [6, 6.07) is 0. The van der Waals surface area contributed by atoms with Crippen LogP contribution in [0.4, 0.5) is 0 Å². The molecule has 19 heavy (non-hydrogen) atoms. The van der Waals surface area contributed by atoms with Gasteiger partial charge < -0.3 is 15.3 Å². The lowest BCUT2D eigenvalue weighted by Crippen LogP contribution is -2.42. The lowest BCUT2D eigenvalue weighted by Gasteiger charge is -2.28. The van der Waals surface area contributed by atoms with Crippen LogP contribution in [0.3, 0.4) is 0 Å². The molecule has 0 aromatic carbocycles. The van der Waals surface area contributed by atoms with Crippen LogP contribution in [0.1, 0.15) is 19.3 Å². The maximum atomic E-state index is 12.4. The molecule has 2 saturated heterocycles.